The second-order valence-electron chi connectivity index (χ2n) is 6.60. The first kappa shape index (κ1) is 17.5. The van der Waals surface area contributed by atoms with Crippen molar-refractivity contribution in [1.29, 1.82) is 0 Å². The van der Waals surface area contributed by atoms with Gasteiger partial charge in [0.25, 0.3) is 5.24 Å². The molecule has 0 spiro atoms. The molecule has 8 heteroatoms. The van der Waals surface area contributed by atoms with Gasteiger partial charge in [-0.05, 0) is 12.8 Å². The molecule has 3 aliphatic heterocycles. The molecule has 0 aliphatic carbocycles. The molecule has 0 radical (unpaired) electrons. The van der Waals surface area contributed by atoms with Crippen molar-refractivity contribution >= 4 is 28.8 Å². The van der Waals surface area contributed by atoms with Crippen molar-refractivity contribution in [3.63, 3.8) is 0 Å². The minimum atomic E-state index is 0.0908. The molecule has 24 heavy (non-hydrogen) atoms. The summed E-state index contributed by atoms with van der Waals surface area (Å²) in [5.41, 5.74) is 0. The van der Waals surface area contributed by atoms with E-state index in [2.05, 4.69) is 4.90 Å². The maximum atomic E-state index is 12.3. The maximum absolute atomic E-state index is 12.3. The summed E-state index contributed by atoms with van der Waals surface area (Å²) >= 11 is 1.33. The monoisotopic (exact) mass is 354 g/mol. The Morgan fingerprint density at radius 3 is 2.17 bits per heavy atom. The topological polar surface area (TPSA) is 64.2 Å². The van der Waals surface area contributed by atoms with Crippen LogP contribution in [0.15, 0.2) is 0 Å². The maximum Gasteiger partial charge on any atom is 0.281 e. The first-order valence-electron chi connectivity index (χ1n) is 8.83. The van der Waals surface area contributed by atoms with E-state index in [9.17, 15) is 14.4 Å². The first-order chi connectivity index (χ1) is 11.6. The lowest BCUT2D eigenvalue weighted by Gasteiger charge is -2.35. The second kappa shape index (κ2) is 8.20. The lowest BCUT2D eigenvalue weighted by molar-refractivity contribution is -0.134. The molecule has 0 aromatic carbocycles. The van der Waals surface area contributed by atoms with E-state index in [0.29, 0.717) is 32.6 Å². The third-order valence-electron chi connectivity index (χ3n) is 4.98. The zero-order valence-electron chi connectivity index (χ0n) is 14.1. The van der Waals surface area contributed by atoms with Gasteiger partial charge in [-0.2, -0.15) is 0 Å². The number of likely N-dealkylation sites (tertiary alicyclic amines) is 1. The van der Waals surface area contributed by atoms with Gasteiger partial charge >= 0.3 is 0 Å². The van der Waals surface area contributed by atoms with Gasteiger partial charge in [-0.25, -0.2) is 0 Å². The van der Waals surface area contributed by atoms with Crippen LogP contribution in [0.25, 0.3) is 0 Å². The Hall–Kier alpha value is -1.28. The fourth-order valence-corrected chi connectivity index (χ4v) is 4.28. The number of piperazine rings is 1. The van der Waals surface area contributed by atoms with E-state index < -0.39 is 0 Å². The van der Waals surface area contributed by atoms with Gasteiger partial charge in [0.05, 0.1) is 6.54 Å². The number of amides is 3. The third-order valence-corrected chi connectivity index (χ3v) is 5.88. The van der Waals surface area contributed by atoms with E-state index in [1.165, 1.54) is 11.8 Å². The first-order valence-corrected chi connectivity index (χ1v) is 9.81. The Balaban J connectivity index is 1.35. The Morgan fingerprint density at radius 2 is 1.54 bits per heavy atom. The Bertz CT molecular complexity index is 488. The molecular formula is C16H26N4O3S. The van der Waals surface area contributed by atoms with Crippen LogP contribution >= 0.6 is 11.8 Å². The fourth-order valence-electron chi connectivity index (χ4n) is 3.43. The van der Waals surface area contributed by atoms with Crippen LogP contribution in [-0.4, -0.2) is 101 Å². The lowest BCUT2D eigenvalue weighted by atomic mass is 10.2. The Morgan fingerprint density at radius 1 is 0.875 bits per heavy atom. The van der Waals surface area contributed by atoms with Crippen LogP contribution in [-0.2, 0) is 9.59 Å². The van der Waals surface area contributed by atoms with E-state index in [1.807, 2.05) is 9.80 Å². The number of nitrogens with zero attached hydrogens (tertiary/aromatic N) is 4. The molecule has 0 unspecified atom stereocenters. The molecule has 7 nitrogen and oxygen atoms in total. The van der Waals surface area contributed by atoms with Gasteiger partial charge in [-0.3, -0.25) is 19.3 Å². The predicted octanol–water partition coefficient (Wildman–Crippen LogP) is 0.312. The molecule has 0 bridgehead atoms. The van der Waals surface area contributed by atoms with Gasteiger partial charge in [0.2, 0.25) is 11.8 Å². The molecule has 3 heterocycles. The van der Waals surface area contributed by atoms with Gasteiger partial charge in [-0.1, -0.05) is 11.8 Å². The molecule has 0 N–H and O–H groups in total. The summed E-state index contributed by atoms with van der Waals surface area (Å²) in [6.07, 6.45) is 2.64. The van der Waals surface area contributed by atoms with Gasteiger partial charge in [0.15, 0.2) is 0 Å². The largest absolute Gasteiger partial charge is 0.342 e. The highest BCUT2D eigenvalue weighted by Gasteiger charge is 2.26. The average Bonchev–Trinajstić information content (AvgIpc) is 3.25. The second-order valence-corrected chi connectivity index (χ2v) is 7.64. The van der Waals surface area contributed by atoms with Gasteiger partial charge in [-0.15, -0.1) is 0 Å². The molecule has 3 fully saturated rings. The number of carbonyl (C=O) groups is 3. The van der Waals surface area contributed by atoms with E-state index in [4.69, 9.17) is 0 Å². The van der Waals surface area contributed by atoms with Gasteiger partial charge in [0.1, 0.15) is 0 Å². The average molecular weight is 354 g/mol. The normalized spacial score (nSPS) is 22.5. The highest BCUT2D eigenvalue weighted by atomic mass is 32.2. The molecule has 134 valence electrons. The summed E-state index contributed by atoms with van der Waals surface area (Å²) in [5, 5.41) is 0.0908. The molecule has 3 amide bonds. The quantitative estimate of drug-likeness (QED) is 0.711. The fraction of sp³-hybridized carbons (Fsp3) is 0.812. The van der Waals surface area contributed by atoms with Crippen molar-refractivity contribution in [1.82, 2.24) is 19.6 Å². The lowest BCUT2D eigenvalue weighted by Crippen LogP contribution is -2.51. The number of thioether (sulfide) groups is 1. The summed E-state index contributed by atoms with van der Waals surface area (Å²) in [5.74, 6) is 1.17. The molecule has 0 aromatic heterocycles. The zero-order valence-corrected chi connectivity index (χ0v) is 14.9. The minimum absolute atomic E-state index is 0.0908. The molecule has 0 atom stereocenters. The van der Waals surface area contributed by atoms with Crippen LogP contribution in [0.2, 0.25) is 0 Å². The number of rotatable bonds is 5. The van der Waals surface area contributed by atoms with Crippen LogP contribution in [0.1, 0.15) is 19.3 Å². The van der Waals surface area contributed by atoms with Crippen molar-refractivity contribution in [2.24, 2.45) is 0 Å². The van der Waals surface area contributed by atoms with Crippen LogP contribution in [0, 0.1) is 0 Å². The standard InChI is InChI=1S/C16H26N4O3S/c21-14(3-6-20-11-12-24-16(20)23)19-9-7-17(8-10-19)13-15(22)18-4-1-2-5-18/h1-13H2. The van der Waals surface area contributed by atoms with Crippen molar-refractivity contribution in [2.75, 3.05) is 64.7 Å². The Labute approximate surface area is 147 Å². The summed E-state index contributed by atoms with van der Waals surface area (Å²) < 4.78 is 0. The van der Waals surface area contributed by atoms with Crippen molar-refractivity contribution in [3.05, 3.63) is 0 Å². The predicted molar refractivity (Wildman–Crippen MR) is 92.9 cm³/mol. The van der Waals surface area contributed by atoms with Crippen LogP contribution in [0.3, 0.4) is 0 Å². The summed E-state index contributed by atoms with van der Waals surface area (Å²) in [7, 11) is 0. The van der Waals surface area contributed by atoms with Crippen molar-refractivity contribution < 1.29 is 14.4 Å². The molecule has 3 rings (SSSR count). The molecule has 0 saturated carbocycles. The Kier molecular flexibility index (Phi) is 5.99. The summed E-state index contributed by atoms with van der Waals surface area (Å²) in [4.78, 5) is 43.7. The van der Waals surface area contributed by atoms with Crippen LogP contribution in [0.5, 0.6) is 0 Å². The summed E-state index contributed by atoms with van der Waals surface area (Å²) in [6.45, 7) is 6.40. The van der Waals surface area contributed by atoms with E-state index in [0.717, 1.165) is 51.3 Å². The van der Waals surface area contributed by atoms with E-state index >= 15 is 0 Å². The van der Waals surface area contributed by atoms with E-state index in [1.54, 1.807) is 4.90 Å². The smallest absolute Gasteiger partial charge is 0.281 e. The van der Waals surface area contributed by atoms with Crippen molar-refractivity contribution in [3.8, 4) is 0 Å². The number of hydrogen-bond donors (Lipinski definition) is 0. The van der Waals surface area contributed by atoms with E-state index in [-0.39, 0.29) is 17.1 Å². The third kappa shape index (κ3) is 4.42. The molecular weight excluding hydrogens is 328 g/mol. The molecule has 0 aromatic rings. The molecule has 3 aliphatic rings. The highest BCUT2D eigenvalue weighted by Crippen LogP contribution is 2.17. The van der Waals surface area contributed by atoms with Crippen LogP contribution in [0.4, 0.5) is 4.79 Å². The van der Waals surface area contributed by atoms with Gasteiger partial charge in [0, 0.05) is 64.5 Å². The number of hydrogen-bond acceptors (Lipinski definition) is 5. The van der Waals surface area contributed by atoms with Crippen LogP contribution < -0.4 is 0 Å². The zero-order chi connectivity index (χ0) is 16.9. The SMILES string of the molecule is O=C(CCN1CCSC1=O)N1CCN(CC(=O)N2CCCC2)CC1. The van der Waals surface area contributed by atoms with Gasteiger partial charge < -0.3 is 14.7 Å². The summed E-state index contributed by atoms with van der Waals surface area (Å²) in [6, 6.07) is 0. The number of carbonyl (C=O) groups excluding carboxylic acids is 3. The highest BCUT2D eigenvalue weighted by molar-refractivity contribution is 8.13. The van der Waals surface area contributed by atoms with Crippen molar-refractivity contribution in [2.45, 2.75) is 19.3 Å². The minimum Gasteiger partial charge on any atom is -0.342 e. The molecule has 3 saturated heterocycles.